The molecule has 0 spiro atoms. The van der Waals surface area contributed by atoms with Crippen molar-refractivity contribution in [3.8, 4) is 5.75 Å². The van der Waals surface area contributed by atoms with Crippen molar-refractivity contribution in [2.75, 3.05) is 0 Å². The third kappa shape index (κ3) is 7.88. The van der Waals surface area contributed by atoms with Gasteiger partial charge in [0.05, 0.1) is 5.56 Å². The number of ether oxygens (including phenoxy) is 2. The summed E-state index contributed by atoms with van der Waals surface area (Å²) in [5.74, 6) is -1.17. The Hall–Kier alpha value is -2.75. The molecule has 3 rings (SSSR count). The number of rotatable bonds is 5. The molecule has 0 amide bonds. The minimum absolute atomic E-state index is 0.0639. The van der Waals surface area contributed by atoms with E-state index in [-0.39, 0.29) is 17.6 Å². The van der Waals surface area contributed by atoms with Gasteiger partial charge in [-0.1, -0.05) is 30.7 Å². The lowest BCUT2D eigenvalue weighted by Gasteiger charge is -2.31. The molecule has 192 valence electrons. The third-order valence-electron chi connectivity index (χ3n) is 6.31. The van der Waals surface area contributed by atoms with Gasteiger partial charge in [-0.2, -0.15) is 13.2 Å². The number of cyclic esters (lactones) is 1. The molecule has 1 heterocycles. The Bertz CT molecular complexity index is 973. The van der Waals surface area contributed by atoms with Crippen LogP contribution in [0.3, 0.4) is 0 Å². The number of esters is 1. The summed E-state index contributed by atoms with van der Waals surface area (Å²) >= 11 is 0. The van der Waals surface area contributed by atoms with Gasteiger partial charge in [-0.05, 0) is 73.9 Å². The van der Waals surface area contributed by atoms with Crippen LogP contribution in [-0.2, 0) is 28.5 Å². The lowest BCUT2D eigenvalue weighted by Crippen LogP contribution is -2.37. The molecule has 1 saturated heterocycles. The second-order valence-corrected chi connectivity index (χ2v) is 8.90. The average molecular weight is 503 g/mol. The lowest BCUT2D eigenvalue weighted by molar-refractivity contribution is -0.274. The van der Waals surface area contributed by atoms with Gasteiger partial charge in [-0.25, -0.2) is 0 Å². The Morgan fingerprint density at radius 2 is 1.49 bits per heavy atom. The van der Waals surface area contributed by atoms with E-state index >= 15 is 0 Å². The highest BCUT2D eigenvalue weighted by Gasteiger charge is 2.34. The minimum Gasteiger partial charge on any atom is -0.461 e. The smallest absolute Gasteiger partial charge is 0.461 e. The van der Waals surface area contributed by atoms with Gasteiger partial charge in [0.2, 0.25) is 0 Å². The number of benzene rings is 2. The highest BCUT2D eigenvalue weighted by atomic mass is 19.4. The van der Waals surface area contributed by atoms with Crippen molar-refractivity contribution < 1.29 is 40.6 Å². The van der Waals surface area contributed by atoms with E-state index in [2.05, 4.69) is 4.74 Å². The zero-order valence-electron chi connectivity index (χ0n) is 19.0. The quantitative estimate of drug-likeness (QED) is 0.398. The van der Waals surface area contributed by atoms with Gasteiger partial charge in [-0.15, -0.1) is 13.2 Å². The van der Waals surface area contributed by atoms with E-state index in [9.17, 15) is 31.1 Å². The molecule has 2 aromatic carbocycles. The van der Waals surface area contributed by atoms with Crippen LogP contribution in [0.2, 0.25) is 0 Å². The monoisotopic (exact) mass is 503 g/mol. The summed E-state index contributed by atoms with van der Waals surface area (Å²) in [7, 11) is 0. The average Bonchev–Trinajstić information content (AvgIpc) is 2.80. The SMILES string of the molecule is C[C@@H]1OC(=O)[C@@H](N)CCC[C@H](Cc2ccc(C(F)(F)F)cc2)[C@H]1Cc1ccc(OC(F)(F)F)cc1. The van der Waals surface area contributed by atoms with Crippen LogP contribution < -0.4 is 10.5 Å². The first kappa shape index (κ1) is 26.8. The van der Waals surface area contributed by atoms with Crippen LogP contribution in [0, 0.1) is 11.8 Å². The van der Waals surface area contributed by atoms with Gasteiger partial charge in [0, 0.05) is 5.92 Å². The number of alkyl halides is 6. The van der Waals surface area contributed by atoms with E-state index < -0.39 is 36.2 Å². The Labute approximate surface area is 199 Å². The Morgan fingerprint density at radius 1 is 0.914 bits per heavy atom. The maximum atomic E-state index is 12.9. The molecular formula is C25H27F6NO3. The fourth-order valence-corrected chi connectivity index (χ4v) is 4.49. The topological polar surface area (TPSA) is 61.5 Å². The molecule has 0 radical (unpaired) electrons. The van der Waals surface area contributed by atoms with E-state index in [0.717, 1.165) is 12.1 Å². The molecule has 1 aliphatic heterocycles. The molecular weight excluding hydrogens is 476 g/mol. The van der Waals surface area contributed by atoms with Gasteiger partial charge in [-0.3, -0.25) is 4.79 Å². The zero-order valence-corrected chi connectivity index (χ0v) is 19.0. The normalized spacial score (nSPS) is 24.2. The van der Waals surface area contributed by atoms with Gasteiger partial charge in [0.15, 0.2) is 0 Å². The Balaban J connectivity index is 1.84. The van der Waals surface area contributed by atoms with Crippen molar-refractivity contribution in [3.63, 3.8) is 0 Å². The van der Waals surface area contributed by atoms with Crippen molar-refractivity contribution in [3.05, 3.63) is 65.2 Å². The van der Waals surface area contributed by atoms with Crippen molar-refractivity contribution in [2.45, 2.75) is 63.7 Å². The zero-order chi connectivity index (χ0) is 25.8. The first-order chi connectivity index (χ1) is 16.3. The summed E-state index contributed by atoms with van der Waals surface area (Å²) in [6, 6.07) is 9.67. The van der Waals surface area contributed by atoms with Gasteiger partial charge < -0.3 is 15.2 Å². The molecule has 0 saturated carbocycles. The van der Waals surface area contributed by atoms with Crippen LogP contribution in [0.25, 0.3) is 0 Å². The molecule has 4 atom stereocenters. The van der Waals surface area contributed by atoms with E-state index in [1.54, 1.807) is 6.92 Å². The number of halogens is 6. The lowest BCUT2D eigenvalue weighted by atomic mass is 9.77. The first-order valence-electron chi connectivity index (χ1n) is 11.3. The standard InChI is InChI=1S/C25H27F6NO3/c1-15-21(14-17-7-11-20(12-8-17)35-25(29,30)31)18(3-2-4-22(32)23(33)34-15)13-16-5-9-19(10-6-16)24(26,27)28/h5-12,15,18,21-22H,2-4,13-14,32H2,1H3/t15-,18+,21-,22-/m0/s1. The number of carbonyl (C=O) groups is 1. The maximum Gasteiger partial charge on any atom is 0.573 e. The second-order valence-electron chi connectivity index (χ2n) is 8.90. The maximum absolute atomic E-state index is 12.9. The van der Waals surface area contributed by atoms with Gasteiger partial charge in [0.1, 0.15) is 17.9 Å². The fourth-order valence-electron chi connectivity index (χ4n) is 4.49. The van der Waals surface area contributed by atoms with E-state index in [4.69, 9.17) is 10.5 Å². The second kappa shape index (κ2) is 10.9. The van der Waals surface area contributed by atoms with E-state index in [0.29, 0.717) is 43.2 Å². The number of carbonyl (C=O) groups excluding carboxylic acids is 1. The number of hydrogen-bond acceptors (Lipinski definition) is 4. The van der Waals surface area contributed by atoms with Crippen LogP contribution in [-0.4, -0.2) is 24.5 Å². The molecule has 0 bridgehead atoms. The van der Waals surface area contributed by atoms with Gasteiger partial charge >= 0.3 is 18.5 Å². The molecule has 35 heavy (non-hydrogen) atoms. The molecule has 4 nitrogen and oxygen atoms in total. The largest absolute Gasteiger partial charge is 0.573 e. The van der Waals surface area contributed by atoms with E-state index in [1.165, 1.54) is 36.4 Å². The molecule has 0 unspecified atom stereocenters. The summed E-state index contributed by atoms with van der Waals surface area (Å²) in [4.78, 5) is 12.3. The highest BCUT2D eigenvalue weighted by Crippen LogP contribution is 2.34. The van der Waals surface area contributed by atoms with Crippen molar-refractivity contribution in [1.29, 1.82) is 0 Å². The van der Waals surface area contributed by atoms with Crippen molar-refractivity contribution >= 4 is 5.97 Å². The molecule has 1 aliphatic rings. The summed E-state index contributed by atoms with van der Waals surface area (Å²) in [5, 5.41) is 0. The molecule has 0 aromatic heterocycles. The number of nitrogens with two attached hydrogens (primary N) is 1. The van der Waals surface area contributed by atoms with Gasteiger partial charge in [0.25, 0.3) is 0 Å². The van der Waals surface area contributed by atoms with Crippen LogP contribution in [0.5, 0.6) is 5.75 Å². The molecule has 2 N–H and O–H groups in total. The van der Waals surface area contributed by atoms with Crippen LogP contribution >= 0.6 is 0 Å². The molecule has 2 aromatic rings. The fraction of sp³-hybridized carbons (Fsp3) is 0.480. The Kier molecular flexibility index (Phi) is 8.35. The highest BCUT2D eigenvalue weighted by molar-refractivity contribution is 5.75. The molecule has 0 aliphatic carbocycles. The minimum atomic E-state index is -4.80. The first-order valence-corrected chi connectivity index (χ1v) is 11.3. The summed E-state index contributed by atoms with van der Waals surface area (Å²) in [5.41, 5.74) is 6.61. The summed E-state index contributed by atoms with van der Waals surface area (Å²) in [6.07, 6.45) is -7.23. The Morgan fingerprint density at radius 3 is 2.06 bits per heavy atom. The third-order valence-corrected chi connectivity index (χ3v) is 6.31. The predicted octanol–water partition coefficient (Wildman–Crippen LogP) is 6.06. The van der Waals surface area contributed by atoms with Crippen LogP contribution in [0.15, 0.2) is 48.5 Å². The molecule has 1 fully saturated rings. The van der Waals surface area contributed by atoms with Crippen molar-refractivity contribution in [1.82, 2.24) is 0 Å². The van der Waals surface area contributed by atoms with Crippen LogP contribution in [0.1, 0.15) is 42.9 Å². The summed E-state index contributed by atoms with van der Waals surface area (Å²) in [6.45, 7) is 1.74. The van der Waals surface area contributed by atoms with Crippen LogP contribution in [0.4, 0.5) is 26.3 Å². The van der Waals surface area contributed by atoms with Crippen molar-refractivity contribution in [2.24, 2.45) is 17.6 Å². The summed E-state index contributed by atoms with van der Waals surface area (Å²) < 4.78 is 85.7. The molecule has 10 heteroatoms. The predicted molar refractivity (Wildman–Crippen MR) is 116 cm³/mol. The number of hydrogen-bond donors (Lipinski definition) is 1. The van der Waals surface area contributed by atoms with E-state index in [1.807, 2.05) is 0 Å².